The third-order valence-electron chi connectivity index (χ3n) is 4.21. The van der Waals surface area contributed by atoms with Gasteiger partial charge in [-0.1, -0.05) is 37.3 Å². The van der Waals surface area contributed by atoms with E-state index >= 15 is 0 Å². The van der Waals surface area contributed by atoms with Gasteiger partial charge >= 0.3 is 0 Å². The van der Waals surface area contributed by atoms with Gasteiger partial charge in [-0.2, -0.15) is 0 Å². The number of nitrogens with zero attached hydrogens (tertiary/aromatic N) is 5. The molecule has 0 radical (unpaired) electrons. The summed E-state index contributed by atoms with van der Waals surface area (Å²) in [5.74, 6) is 1.77. The van der Waals surface area contributed by atoms with E-state index in [0.29, 0.717) is 6.54 Å². The molecule has 0 saturated heterocycles. The van der Waals surface area contributed by atoms with Crippen LogP contribution in [0.4, 0.5) is 0 Å². The van der Waals surface area contributed by atoms with Crippen molar-refractivity contribution in [1.29, 1.82) is 0 Å². The fourth-order valence-corrected chi connectivity index (χ4v) is 3.72. The number of benzene rings is 1. The summed E-state index contributed by atoms with van der Waals surface area (Å²) < 4.78 is 2.06. The predicted molar refractivity (Wildman–Crippen MR) is 110 cm³/mol. The van der Waals surface area contributed by atoms with Gasteiger partial charge in [0.15, 0.2) is 5.96 Å². The van der Waals surface area contributed by atoms with Crippen molar-refractivity contribution in [3.63, 3.8) is 0 Å². The summed E-state index contributed by atoms with van der Waals surface area (Å²) in [4.78, 5) is 10.2. The standard InChI is InChI=1S/C19H25N7S/c1-4-17-25-23-13-26(17)11-10-21-19(20-3)22-12-16-14(2)24-18(27-16)15-8-6-5-7-9-15/h5-9,13H,4,10-12H2,1-3H3,(H2,20,21,22). The molecule has 0 amide bonds. The van der Waals surface area contributed by atoms with Crippen LogP contribution in [0.3, 0.4) is 0 Å². The smallest absolute Gasteiger partial charge is 0.191 e. The van der Waals surface area contributed by atoms with Crippen molar-refractivity contribution in [3.05, 3.63) is 53.1 Å². The minimum atomic E-state index is 0.697. The van der Waals surface area contributed by atoms with Crippen LogP contribution in [0.25, 0.3) is 10.6 Å². The monoisotopic (exact) mass is 383 g/mol. The van der Waals surface area contributed by atoms with Gasteiger partial charge in [0.05, 0.1) is 12.2 Å². The quantitative estimate of drug-likeness (QED) is 0.484. The third-order valence-corrected chi connectivity index (χ3v) is 5.42. The molecular formula is C19H25N7S. The molecule has 0 unspecified atom stereocenters. The zero-order valence-corrected chi connectivity index (χ0v) is 16.8. The topological polar surface area (TPSA) is 80.0 Å². The van der Waals surface area contributed by atoms with Crippen molar-refractivity contribution in [2.24, 2.45) is 4.99 Å². The van der Waals surface area contributed by atoms with Crippen LogP contribution in [0, 0.1) is 6.92 Å². The van der Waals surface area contributed by atoms with Gasteiger partial charge in [-0.05, 0) is 6.92 Å². The van der Waals surface area contributed by atoms with Crippen LogP contribution in [0.5, 0.6) is 0 Å². The van der Waals surface area contributed by atoms with Crippen LogP contribution >= 0.6 is 11.3 Å². The second-order valence-electron chi connectivity index (χ2n) is 6.04. The van der Waals surface area contributed by atoms with Crippen molar-refractivity contribution in [2.75, 3.05) is 13.6 Å². The molecule has 0 spiro atoms. The molecule has 3 aromatic rings. The second-order valence-corrected chi connectivity index (χ2v) is 7.12. The van der Waals surface area contributed by atoms with E-state index in [9.17, 15) is 0 Å². The Kier molecular flexibility index (Phi) is 6.54. The van der Waals surface area contributed by atoms with Gasteiger partial charge < -0.3 is 15.2 Å². The fraction of sp³-hybridized carbons (Fsp3) is 0.368. The summed E-state index contributed by atoms with van der Waals surface area (Å²) in [7, 11) is 1.78. The molecule has 0 fully saturated rings. The maximum absolute atomic E-state index is 4.70. The highest BCUT2D eigenvalue weighted by Gasteiger charge is 2.10. The van der Waals surface area contributed by atoms with Crippen LogP contribution in [-0.4, -0.2) is 39.3 Å². The summed E-state index contributed by atoms with van der Waals surface area (Å²) in [6.45, 7) is 6.38. The van der Waals surface area contributed by atoms with Gasteiger partial charge in [0.1, 0.15) is 17.2 Å². The number of rotatable bonds is 7. The highest BCUT2D eigenvalue weighted by Crippen LogP contribution is 2.27. The SMILES string of the molecule is CCc1nncn1CCNC(=NC)NCc1sc(-c2ccccc2)nc1C. The molecule has 1 aromatic carbocycles. The van der Waals surface area contributed by atoms with Crippen molar-refractivity contribution in [3.8, 4) is 10.6 Å². The Bertz CT molecular complexity index is 883. The van der Waals surface area contributed by atoms with Gasteiger partial charge in [0.25, 0.3) is 0 Å². The first-order valence-electron chi connectivity index (χ1n) is 9.04. The van der Waals surface area contributed by atoms with E-state index in [2.05, 4.69) is 56.4 Å². The Morgan fingerprint density at radius 1 is 1.22 bits per heavy atom. The number of nitrogens with one attached hydrogen (secondary N) is 2. The van der Waals surface area contributed by atoms with E-state index in [0.717, 1.165) is 47.6 Å². The Hall–Kier alpha value is -2.74. The molecule has 0 aliphatic carbocycles. The van der Waals surface area contributed by atoms with Crippen molar-refractivity contribution >= 4 is 17.3 Å². The molecule has 2 N–H and O–H groups in total. The van der Waals surface area contributed by atoms with E-state index in [4.69, 9.17) is 4.98 Å². The maximum Gasteiger partial charge on any atom is 0.191 e. The lowest BCUT2D eigenvalue weighted by Gasteiger charge is -2.12. The molecule has 3 rings (SSSR count). The zero-order valence-electron chi connectivity index (χ0n) is 15.9. The summed E-state index contributed by atoms with van der Waals surface area (Å²) in [5, 5.41) is 15.8. The van der Waals surface area contributed by atoms with Gasteiger partial charge in [0.2, 0.25) is 0 Å². The lowest BCUT2D eigenvalue weighted by atomic mass is 10.2. The minimum Gasteiger partial charge on any atom is -0.355 e. The van der Waals surface area contributed by atoms with Crippen molar-refractivity contribution in [2.45, 2.75) is 33.4 Å². The normalized spacial score (nSPS) is 11.6. The summed E-state index contributed by atoms with van der Waals surface area (Å²) in [6.07, 6.45) is 2.64. The average molecular weight is 384 g/mol. The largest absolute Gasteiger partial charge is 0.355 e. The maximum atomic E-state index is 4.70. The van der Waals surface area contributed by atoms with Crippen LogP contribution in [0.15, 0.2) is 41.7 Å². The van der Waals surface area contributed by atoms with Crippen LogP contribution in [0.1, 0.15) is 23.3 Å². The molecular weight excluding hydrogens is 358 g/mol. The minimum absolute atomic E-state index is 0.697. The molecule has 2 heterocycles. The Balaban J connectivity index is 1.53. The molecule has 142 valence electrons. The Morgan fingerprint density at radius 3 is 2.78 bits per heavy atom. The highest BCUT2D eigenvalue weighted by atomic mass is 32.1. The molecule has 27 heavy (non-hydrogen) atoms. The molecule has 2 aromatic heterocycles. The van der Waals surface area contributed by atoms with Crippen LogP contribution in [0.2, 0.25) is 0 Å². The summed E-state index contributed by atoms with van der Waals surface area (Å²) >= 11 is 1.71. The Morgan fingerprint density at radius 2 is 2.04 bits per heavy atom. The van der Waals surface area contributed by atoms with Gasteiger partial charge in [-0.3, -0.25) is 4.99 Å². The Labute approximate surface area is 163 Å². The number of hydrogen-bond acceptors (Lipinski definition) is 5. The molecule has 0 saturated carbocycles. The molecule has 7 nitrogen and oxygen atoms in total. The van der Waals surface area contributed by atoms with E-state index in [1.54, 1.807) is 24.7 Å². The number of guanidine groups is 1. The number of hydrogen-bond donors (Lipinski definition) is 2. The van der Waals surface area contributed by atoms with Crippen molar-refractivity contribution in [1.82, 2.24) is 30.4 Å². The van der Waals surface area contributed by atoms with E-state index in [1.165, 1.54) is 4.88 Å². The van der Waals surface area contributed by atoms with Crippen molar-refractivity contribution < 1.29 is 0 Å². The van der Waals surface area contributed by atoms with E-state index in [1.807, 2.05) is 18.2 Å². The van der Waals surface area contributed by atoms with Gasteiger partial charge in [0, 0.05) is 37.0 Å². The van der Waals surface area contributed by atoms with E-state index < -0.39 is 0 Å². The van der Waals surface area contributed by atoms with Crippen LogP contribution in [-0.2, 0) is 19.5 Å². The average Bonchev–Trinajstić information content (AvgIpc) is 3.31. The lowest BCUT2D eigenvalue weighted by molar-refractivity contribution is 0.632. The second kappa shape index (κ2) is 9.27. The van der Waals surface area contributed by atoms with Gasteiger partial charge in [-0.15, -0.1) is 21.5 Å². The highest BCUT2D eigenvalue weighted by molar-refractivity contribution is 7.15. The molecule has 0 atom stereocenters. The first-order valence-corrected chi connectivity index (χ1v) is 9.85. The number of aryl methyl sites for hydroxylation is 2. The fourth-order valence-electron chi connectivity index (χ4n) is 2.72. The third kappa shape index (κ3) is 4.91. The number of thiazole rings is 1. The van der Waals surface area contributed by atoms with E-state index in [-0.39, 0.29) is 0 Å². The first-order chi connectivity index (χ1) is 13.2. The number of aliphatic imine (C=N–C) groups is 1. The first kappa shape index (κ1) is 19.0. The van der Waals surface area contributed by atoms with Gasteiger partial charge in [-0.25, -0.2) is 4.98 Å². The predicted octanol–water partition coefficient (Wildman–Crippen LogP) is 2.64. The molecule has 0 bridgehead atoms. The molecule has 8 heteroatoms. The number of aromatic nitrogens is 4. The zero-order chi connectivity index (χ0) is 19.1. The molecule has 0 aliphatic rings. The lowest BCUT2D eigenvalue weighted by Crippen LogP contribution is -2.38. The summed E-state index contributed by atoms with van der Waals surface area (Å²) in [5.41, 5.74) is 2.21. The summed E-state index contributed by atoms with van der Waals surface area (Å²) in [6, 6.07) is 10.3. The molecule has 0 aliphatic heterocycles. The van der Waals surface area contributed by atoms with Crippen LogP contribution < -0.4 is 10.6 Å².